The van der Waals surface area contributed by atoms with Crippen LogP contribution in [0.25, 0.3) is 0 Å². The first-order valence-corrected chi connectivity index (χ1v) is 15.4. The van der Waals surface area contributed by atoms with Gasteiger partial charge in [0.25, 0.3) is 10.0 Å². The van der Waals surface area contributed by atoms with Crippen LogP contribution in [0.4, 0.5) is 24.5 Å². The minimum absolute atomic E-state index is 0.0588. The van der Waals surface area contributed by atoms with Gasteiger partial charge in [-0.3, -0.25) is 4.72 Å². The third-order valence-corrected chi connectivity index (χ3v) is 9.13. The highest BCUT2D eigenvalue weighted by Gasteiger charge is 2.38. The Morgan fingerprint density at radius 3 is 2.12 bits per heavy atom. The number of benzene rings is 2. The van der Waals surface area contributed by atoms with Gasteiger partial charge in [0, 0.05) is 13.1 Å². The highest BCUT2D eigenvalue weighted by molar-refractivity contribution is 7.92. The predicted molar refractivity (Wildman–Crippen MR) is 154 cm³/mol. The lowest BCUT2D eigenvalue weighted by molar-refractivity contribution is -0.192. The van der Waals surface area contributed by atoms with E-state index in [1.807, 2.05) is 13.0 Å². The summed E-state index contributed by atoms with van der Waals surface area (Å²) in [5.41, 5.74) is 2.75. The molecule has 0 aromatic heterocycles. The summed E-state index contributed by atoms with van der Waals surface area (Å²) in [5, 5.41) is 16.6. The van der Waals surface area contributed by atoms with Gasteiger partial charge in [0.1, 0.15) is 0 Å². The number of rotatable bonds is 8. The summed E-state index contributed by atoms with van der Waals surface area (Å²) >= 11 is 0. The van der Waals surface area contributed by atoms with E-state index in [9.17, 15) is 31.5 Å². The summed E-state index contributed by atoms with van der Waals surface area (Å²) in [5.74, 6) is -3.17. The quantitative estimate of drug-likeness (QED) is 0.355. The average Bonchev–Trinajstić information content (AvgIpc) is 2.92. The van der Waals surface area contributed by atoms with Crippen LogP contribution in [0.2, 0.25) is 0 Å². The first-order valence-electron chi connectivity index (χ1n) is 13.9. The first-order chi connectivity index (χ1) is 19.7. The number of nitrogens with zero attached hydrogens (tertiary/aromatic N) is 2. The van der Waals surface area contributed by atoms with Gasteiger partial charge >= 0.3 is 18.1 Å². The van der Waals surface area contributed by atoms with Crippen LogP contribution in [0, 0.1) is 19.8 Å². The number of hydrogen-bond donors (Lipinski definition) is 3. The average molecular weight is 614 g/mol. The van der Waals surface area contributed by atoms with Gasteiger partial charge in [-0.2, -0.15) is 13.2 Å². The molecule has 0 bridgehead atoms. The molecule has 0 aliphatic carbocycles. The van der Waals surface area contributed by atoms with Crippen molar-refractivity contribution in [2.45, 2.75) is 63.4 Å². The number of likely N-dealkylation sites (tertiary alicyclic amines) is 1. The highest BCUT2D eigenvalue weighted by atomic mass is 32.2. The molecule has 2 fully saturated rings. The molecule has 2 saturated heterocycles. The molecule has 9 nitrogen and oxygen atoms in total. The molecule has 2 aromatic carbocycles. The predicted octanol–water partition coefficient (Wildman–Crippen LogP) is 5.53. The van der Waals surface area contributed by atoms with Gasteiger partial charge in [-0.1, -0.05) is 24.1 Å². The maximum absolute atomic E-state index is 13.3. The van der Waals surface area contributed by atoms with E-state index >= 15 is 0 Å². The van der Waals surface area contributed by atoms with Crippen LogP contribution in [0.15, 0.2) is 41.3 Å². The Morgan fingerprint density at radius 2 is 1.57 bits per heavy atom. The Kier molecular flexibility index (Phi) is 11.2. The molecule has 13 heteroatoms. The fraction of sp³-hybridized carbons (Fsp3) is 0.517. The zero-order chi connectivity index (χ0) is 31.1. The van der Waals surface area contributed by atoms with Crippen molar-refractivity contribution in [3.63, 3.8) is 0 Å². The second-order valence-electron chi connectivity index (χ2n) is 10.8. The van der Waals surface area contributed by atoms with E-state index < -0.39 is 28.1 Å². The van der Waals surface area contributed by atoms with Crippen molar-refractivity contribution < 1.29 is 41.4 Å². The number of carboxylic acids is 2. The maximum Gasteiger partial charge on any atom is 0.490 e. The summed E-state index contributed by atoms with van der Waals surface area (Å²) < 4.78 is 60.9. The molecule has 0 radical (unpaired) electrons. The molecule has 0 unspecified atom stereocenters. The number of hydrogen-bond acceptors (Lipinski definition) is 6. The molecule has 0 saturated carbocycles. The number of carboxylic acid groups (broad SMARTS) is 2. The van der Waals surface area contributed by atoms with Crippen molar-refractivity contribution in [3.05, 3.63) is 53.1 Å². The zero-order valence-corrected chi connectivity index (χ0v) is 24.6. The van der Waals surface area contributed by atoms with Crippen LogP contribution in [0.3, 0.4) is 0 Å². The Morgan fingerprint density at radius 1 is 0.952 bits per heavy atom. The van der Waals surface area contributed by atoms with Crippen molar-refractivity contribution in [2.75, 3.05) is 42.3 Å². The van der Waals surface area contributed by atoms with Gasteiger partial charge in [0.15, 0.2) is 0 Å². The van der Waals surface area contributed by atoms with Gasteiger partial charge in [-0.25, -0.2) is 18.0 Å². The fourth-order valence-electron chi connectivity index (χ4n) is 5.34. The monoisotopic (exact) mass is 613 g/mol. The molecular weight excluding hydrogens is 575 g/mol. The summed E-state index contributed by atoms with van der Waals surface area (Å²) in [6.07, 6.45) is 2.20. The SMILES string of the molecule is Cc1ccc(S(=O)(=O)Nc2cc(C(=O)O)ccc2N2CCC(CCN3CCCCC3)CC2)c(C)c1.O=C(O)C(F)(F)F. The van der Waals surface area contributed by atoms with Crippen molar-refractivity contribution in [1.29, 1.82) is 0 Å². The Bertz CT molecular complexity index is 1350. The minimum atomic E-state index is -5.08. The van der Waals surface area contributed by atoms with E-state index in [0.717, 1.165) is 37.2 Å². The molecule has 2 aliphatic rings. The molecule has 232 valence electrons. The molecule has 3 N–H and O–H groups in total. The van der Waals surface area contributed by atoms with Gasteiger partial charge in [0.2, 0.25) is 0 Å². The molecule has 0 amide bonds. The standard InChI is InChI=1S/C27H37N3O4S.C2HF3O2/c1-20-6-9-26(21(2)18-20)35(33,34)28-24-19-23(27(31)32)7-8-25(24)30-16-11-22(12-17-30)10-15-29-13-4-3-5-14-29;3-2(4,5)1(6)7/h6-9,18-19,22,28H,3-5,10-17H2,1-2H3,(H,31,32);(H,6,7). The minimum Gasteiger partial charge on any atom is -0.478 e. The summed E-state index contributed by atoms with van der Waals surface area (Å²) in [7, 11) is -3.87. The smallest absolute Gasteiger partial charge is 0.478 e. The van der Waals surface area contributed by atoms with Gasteiger partial charge in [-0.15, -0.1) is 0 Å². The molecule has 0 spiro atoms. The highest BCUT2D eigenvalue weighted by Crippen LogP contribution is 2.34. The van der Waals surface area contributed by atoms with E-state index in [1.165, 1.54) is 51.4 Å². The van der Waals surface area contributed by atoms with E-state index in [4.69, 9.17) is 9.90 Å². The number of anilines is 2. The third-order valence-electron chi connectivity index (χ3n) is 7.61. The lowest BCUT2D eigenvalue weighted by Gasteiger charge is -2.36. The molecule has 0 atom stereocenters. The Hall–Kier alpha value is -3.32. The Labute approximate surface area is 244 Å². The molecule has 2 heterocycles. The van der Waals surface area contributed by atoms with Crippen LogP contribution in [0.1, 0.15) is 60.0 Å². The van der Waals surface area contributed by atoms with Crippen molar-refractivity contribution in [3.8, 4) is 0 Å². The fourth-order valence-corrected chi connectivity index (χ4v) is 6.63. The number of aryl methyl sites for hydroxylation is 2. The van der Waals surface area contributed by atoms with Crippen molar-refractivity contribution in [1.82, 2.24) is 4.90 Å². The first kappa shape index (κ1) is 33.2. The largest absolute Gasteiger partial charge is 0.490 e. The number of aliphatic carboxylic acids is 1. The summed E-state index contributed by atoms with van der Waals surface area (Å²) in [6.45, 7) is 8.95. The van der Waals surface area contributed by atoms with Gasteiger partial charge in [0.05, 0.1) is 21.8 Å². The number of nitrogens with one attached hydrogen (secondary N) is 1. The van der Waals surface area contributed by atoms with Crippen LogP contribution < -0.4 is 9.62 Å². The third kappa shape index (κ3) is 9.35. The van der Waals surface area contributed by atoms with Crippen LogP contribution in [-0.4, -0.2) is 74.4 Å². The molecule has 2 aliphatic heterocycles. The summed E-state index contributed by atoms with van der Waals surface area (Å²) in [4.78, 5) is 25.5. The molecular formula is C29H38F3N3O6S. The second kappa shape index (κ2) is 14.2. The van der Waals surface area contributed by atoms with Crippen LogP contribution in [0.5, 0.6) is 0 Å². The lowest BCUT2D eigenvalue weighted by atomic mass is 9.92. The number of sulfonamides is 1. The lowest BCUT2D eigenvalue weighted by Crippen LogP contribution is -2.36. The molecule has 42 heavy (non-hydrogen) atoms. The van der Waals surface area contributed by atoms with Crippen LogP contribution in [-0.2, 0) is 14.8 Å². The summed E-state index contributed by atoms with van der Waals surface area (Å²) in [6, 6.07) is 9.91. The number of halogens is 3. The van der Waals surface area contributed by atoms with Crippen molar-refractivity contribution >= 4 is 33.3 Å². The van der Waals surface area contributed by atoms with E-state index in [1.54, 1.807) is 31.2 Å². The van der Waals surface area contributed by atoms with E-state index in [2.05, 4.69) is 14.5 Å². The topological polar surface area (TPSA) is 127 Å². The Balaban J connectivity index is 0.000000616. The number of carbonyl (C=O) groups is 2. The maximum atomic E-state index is 13.3. The molecule has 2 aromatic rings. The number of aromatic carboxylic acids is 1. The number of piperidine rings is 2. The van der Waals surface area contributed by atoms with E-state index in [-0.39, 0.29) is 10.5 Å². The molecule has 4 rings (SSSR count). The van der Waals surface area contributed by atoms with Gasteiger partial charge in [-0.05, 0) is 101 Å². The van der Waals surface area contributed by atoms with E-state index in [0.29, 0.717) is 17.2 Å². The van der Waals surface area contributed by atoms with Crippen LogP contribution >= 0.6 is 0 Å². The van der Waals surface area contributed by atoms with Crippen molar-refractivity contribution in [2.24, 2.45) is 5.92 Å². The second-order valence-corrected chi connectivity index (χ2v) is 12.5. The van der Waals surface area contributed by atoms with Gasteiger partial charge < -0.3 is 20.0 Å². The number of alkyl halides is 3. The normalized spacial score (nSPS) is 16.8. The zero-order valence-electron chi connectivity index (χ0n) is 23.8.